The first kappa shape index (κ1) is 40.0. The smallest absolute Gasteiger partial charge is 0.305 e. The molecule has 1 aromatic heterocycles. The van der Waals surface area contributed by atoms with E-state index in [2.05, 4.69) is 15.6 Å². The normalized spacial score (nSPS) is 16.8. The lowest BCUT2D eigenvalue weighted by Crippen LogP contribution is -2.57. The minimum Gasteiger partial charge on any atom is -0.481 e. The van der Waals surface area contributed by atoms with E-state index in [1.165, 1.54) is 4.90 Å². The van der Waals surface area contributed by atoms with E-state index in [1.807, 2.05) is 57.5 Å². The van der Waals surface area contributed by atoms with E-state index in [1.54, 1.807) is 11.3 Å². The van der Waals surface area contributed by atoms with Gasteiger partial charge in [0.25, 0.3) is 0 Å². The number of aromatic nitrogens is 1. The summed E-state index contributed by atoms with van der Waals surface area (Å²) >= 11 is 1.57. The molecule has 15 heteroatoms. The first-order valence-electron chi connectivity index (χ1n) is 16.4. The number of ether oxygens (including phenoxy) is 4. The Morgan fingerprint density at radius 3 is 2.04 bits per heavy atom. The maximum Gasteiger partial charge on any atom is 0.305 e. The molecule has 14 nitrogen and oxygen atoms in total. The number of β-amino-alcohol motifs (C(OH)–C–C–N with tert-alkyl or cyclic N) is 1. The molecule has 3 unspecified atom stereocenters. The standard InChI is InChI=1S/C34H50N4O10S/c1-23-30(49-22-36-23)25-7-5-24(6-8-25)20-35-32(43)27-19-26(39)21-38(27)33(44)31(34(2,3)4)37-28(40)9-11-45-13-15-47-17-18-48-16-14-46-12-10-29(41)42/h5-8,22,26-27,31,39H,9-21H2,1-4H3,(H,35,43)(H,37,40)(H,41,42). The number of carboxylic acid groups (broad SMARTS) is 1. The first-order chi connectivity index (χ1) is 23.4. The molecule has 49 heavy (non-hydrogen) atoms. The van der Waals surface area contributed by atoms with Crippen molar-refractivity contribution in [1.29, 1.82) is 0 Å². The Bertz CT molecular complexity index is 1350. The predicted molar refractivity (Wildman–Crippen MR) is 182 cm³/mol. The van der Waals surface area contributed by atoms with Gasteiger partial charge in [-0.2, -0.15) is 0 Å². The summed E-state index contributed by atoms with van der Waals surface area (Å²) in [5, 5.41) is 24.7. The fourth-order valence-electron chi connectivity index (χ4n) is 5.10. The van der Waals surface area contributed by atoms with E-state index in [9.17, 15) is 24.3 Å². The van der Waals surface area contributed by atoms with Gasteiger partial charge in [0.15, 0.2) is 0 Å². The van der Waals surface area contributed by atoms with Gasteiger partial charge in [-0.1, -0.05) is 45.0 Å². The highest BCUT2D eigenvalue weighted by molar-refractivity contribution is 7.13. The van der Waals surface area contributed by atoms with Crippen LogP contribution in [0.1, 0.15) is 51.3 Å². The van der Waals surface area contributed by atoms with Crippen LogP contribution in [-0.2, 0) is 44.7 Å². The molecule has 0 saturated carbocycles. The lowest BCUT2D eigenvalue weighted by molar-refractivity contribution is -0.144. The third-order valence-corrected chi connectivity index (χ3v) is 8.74. The van der Waals surface area contributed by atoms with Crippen LogP contribution >= 0.6 is 11.3 Å². The van der Waals surface area contributed by atoms with Crippen LogP contribution in [-0.4, -0.2) is 121 Å². The molecule has 1 aliphatic heterocycles. The molecule has 0 bridgehead atoms. The molecule has 1 fully saturated rings. The molecule has 1 aliphatic rings. The monoisotopic (exact) mass is 706 g/mol. The maximum atomic E-state index is 13.8. The Morgan fingerprint density at radius 2 is 1.51 bits per heavy atom. The van der Waals surface area contributed by atoms with Gasteiger partial charge in [0.1, 0.15) is 12.1 Å². The minimum absolute atomic E-state index is 0.00299. The van der Waals surface area contributed by atoms with Gasteiger partial charge in [0.05, 0.1) is 81.5 Å². The van der Waals surface area contributed by atoms with Crippen molar-refractivity contribution < 1.29 is 48.3 Å². The number of aryl methyl sites for hydroxylation is 1. The number of benzene rings is 1. The van der Waals surface area contributed by atoms with Crippen molar-refractivity contribution in [2.45, 2.75) is 71.7 Å². The summed E-state index contributed by atoms with van der Waals surface area (Å²) < 4.78 is 21.4. The molecule has 3 rings (SSSR count). The van der Waals surface area contributed by atoms with Gasteiger partial charge >= 0.3 is 5.97 Å². The molecule has 1 saturated heterocycles. The first-order valence-corrected chi connectivity index (χ1v) is 17.3. The molecule has 0 spiro atoms. The SMILES string of the molecule is Cc1ncsc1-c1ccc(CNC(=O)C2CC(O)CN2C(=O)C(NC(=O)CCOCCOCCOCCOCCC(=O)O)C(C)(C)C)cc1. The Morgan fingerprint density at radius 1 is 0.939 bits per heavy atom. The highest BCUT2D eigenvalue weighted by Gasteiger charge is 2.44. The average molecular weight is 707 g/mol. The minimum atomic E-state index is -0.922. The highest BCUT2D eigenvalue weighted by atomic mass is 32.1. The van der Waals surface area contributed by atoms with E-state index in [0.29, 0.717) is 33.0 Å². The van der Waals surface area contributed by atoms with Crippen LogP contribution in [0.15, 0.2) is 29.8 Å². The molecule has 0 aliphatic carbocycles. The van der Waals surface area contributed by atoms with E-state index in [0.717, 1.165) is 21.7 Å². The van der Waals surface area contributed by atoms with E-state index >= 15 is 0 Å². The molecular weight excluding hydrogens is 656 g/mol. The van der Waals surface area contributed by atoms with E-state index < -0.39 is 35.5 Å². The number of aliphatic carboxylic acids is 1. The number of amides is 3. The molecular formula is C34H50N4O10S. The number of hydrogen-bond acceptors (Lipinski definition) is 11. The number of rotatable bonds is 21. The van der Waals surface area contributed by atoms with Crippen molar-refractivity contribution in [1.82, 2.24) is 20.5 Å². The molecule has 1 aromatic carbocycles. The summed E-state index contributed by atoms with van der Waals surface area (Å²) in [6.45, 7) is 9.91. The zero-order valence-corrected chi connectivity index (χ0v) is 29.6. The summed E-state index contributed by atoms with van der Waals surface area (Å²) in [6.07, 6.45) is -0.767. The fraction of sp³-hybridized carbons (Fsp3) is 0.618. The second-order valence-electron chi connectivity index (χ2n) is 12.8. The van der Waals surface area contributed by atoms with Crippen LogP contribution in [0.25, 0.3) is 10.4 Å². The number of thiazole rings is 1. The lowest BCUT2D eigenvalue weighted by Gasteiger charge is -2.35. The van der Waals surface area contributed by atoms with E-state index in [4.69, 9.17) is 24.1 Å². The van der Waals surface area contributed by atoms with Gasteiger partial charge < -0.3 is 44.7 Å². The lowest BCUT2D eigenvalue weighted by atomic mass is 9.85. The number of nitrogens with zero attached hydrogens (tertiary/aromatic N) is 2. The Kier molecular flexibility index (Phi) is 16.5. The van der Waals surface area contributed by atoms with Gasteiger partial charge in [0.2, 0.25) is 17.7 Å². The zero-order chi connectivity index (χ0) is 35.8. The number of aliphatic hydroxyl groups is 1. The van der Waals surface area contributed by atoms with Gasteiger partial charge in [-0.3, -0.25) is 19.2 Å². The van der Waals surface area contributed by atoms with Gasteiger partial charge in [-0.25, -0.2) is 4.98 Å². The fourth-order valence-corrected chi connectivity index (χ4v) is 5.91. The van der Waals surface area contributed by atoms with Crippen LogP contribution in [0, 0.1) is 12.3 Å². The number of aliphatic hydroxyl groups excluding tert-OH is 1. The molecule has 2 heterocycles. The van der Waals surface area contributed by atoms with Crippen molar-refractivity contribution in [3.63, 3.8) is 0 Å². The molecule has 4 N–H and O–H groups in total. The molecule has 272 valence electrons. The summed E-state index contributed by atoms with van der Waals surface area (Å²) in [5.74, 6) is -2.07. The topological polar surface area (TPSA) is 186 Å². The van der Waals surface area contributed by atoms with Crippen molar-refractivity contribution in [3.05, 3.63) is 41.0 Å². The molecule has 2 aromatic rings. The average Bonchev–Trinajstić information content (AvgIpc) is 3.67. The van der Waals surface area contributed by atoms with Crippen molar-refractivity contribution in [3.8, 4) is 10.4 Å². The third kappa shape index (κ3) is 13.8. The maximum absolute atomic E-state index is 13.8. The van der Waals surface area contributed by atoms with Crippen LogP contribution in [0.2, 0.25) is 0 Å². The van der Waals surface area contributed by atoms with Gasteiger partial charge in [-0.05, 0) is 23.5 Å². The number of carbonyl (C=O) groups is 4. The zero-order valence-electron chi connectivity index (χ0n) is 28.8. The Balaban J connectivity index is 1.38. The number of nitrogens with one attached hydrogen (secondary N) is 2. The number of carbonyl (C=O) groups excluding carboxylic acids is 3. The number of carboxylic acids is 1. The van der Waals surface area contributed by atoms with Crippen LogP contribution < -0.4 is 10.6 Å². The Hall–Kier alpha value is -3.47. The quantitative estimate of drug-likeness (QED) is 0.140. The second kappa shape index (κ2) is 20.3. The van der Waals surface area contributed by atoms with Crippen molar-refractivity contribution >= 4 is 35.0 Å². The highest BCUT2D eigenvalue weighted by Crippen LogP contribution is 2.28. The molecule has 0 radical (unpaired) electrons. The molecule has 3 amide bonds. The second-order valence-corrected chi connectivity index (χ2v) is 13.6. The van der Waals surface area contributed by atoms with Crippen molar-refractivity contribution in [2.24, 2.45) is 5.41 Å². The molecule has 3 atom stereocenters. The third-order valence-electron chi connectivity index (χ3n) is 7.76. The Labute approximate surface area is 291 Å². The van der Waals surface area contributed by atoms with Crippen LogP contribution in [0.3, 0.4) is 0 Å². The van der Waals surface area contributed by atoms with Crippen LogP contribution in [0.5, 0.6) is 0 Å². The predicted octanol–water partition coefficient (Wildman–Crippen LogP) is 2.16. The number of hydrogen-bond donors (Lipinski definition) is 4. The van der Waals surface area contributed by atoms with E-state index in [-0.39, 0.29) is 64.0 Å². The largest absolute Gasteiger partial charge is 0.481 e. The summed E-state index contributed by atoms with van der Waals surface area (Å²) in [4.78, 5) is 57.1. The van der Waals surface area contributed by atoms with Crippen molar-refractivity contribution in [2.75, 3.05) is 59.4 Å². The summed E-state index contributed by atoms with van der Waals surface area (Å²) in [5.41, 5.74) is 4.05. The summed E-state index contributed by atoms with van der Waals surface area (Å²) in [7, 11) is 0. The van der Waals surface area contributed by atoms with Gasteiger partial charge in [-0.15, -0.1) is 11.3 Å². The number of likely N-dealkylation sites (tertiary alicyclic amines) is 1. The van der Waals surface area contributed by atoms with Crippen LogP contribution in [0.4, 0.5) is 0 Å². The summed E-state index contributed by atoms with van der Waals surface area (Å²) in [6, 6.07) is 6.06. The van der Waals surface area contributed by atoms with Gasteiger partial charge in [0, 0.05) is 25.9 Å².